The molecule has 5 heteroatoms. The van der Waals surface area contributed by atoms with Crippen molar-refractivity contribution >= 4 is 28.9 Å². The molecule has 0 saturated carbocycles. The Morgan fingerprint density at radius 2 is 1.95 bits per heavy atom. The van der Waals surface area contributed by atoms with E-state index in [1.807, 2.05) is 50.1 Å². The molecule has 1 aromatic carbocycles. The number of aryl methyl sites for hydroxylation is 2. The van der Waals surface area contributed by atoms with Gasteiger partial charge < -0.3 is 10.2 Å². The molecule has 110 valence electrons. The number of carbonyl (C=O) groups excluding carboxylic acids is 1. The summed E-state index contributed by atoms with van der Waals surface area (Å²) in [4.78, 5) is 17.9. The molecule has 2 aromatic rings. The van der Waals surface area contributed by atoms with E-state index in [1.165, 1.54) is 0 Å². The van der Waals surface area contributed by atoms with Gasteiger partial charge in [-0.2, -0.15) is 0 Å². The van der Waals surface area contributed by atoms with Gasteiger partial charge in [-0.05, 0) is 37.1 Å². The number of hydrogen-bond donors (Lipinski definition) is 1. The molecule has 0 aliphatic rings. The van der Waals surface area contributed by atoms with E-state index in [4.69, 9.17) is 11.6 Å². The molecule has 4 nitrogen and oxygen atoms in total. The summed E-state index contributed by atoms with van der Waals surface area (Å²) in [6.07, 6.45) is 1.62. The molecule has 2 rings (SSSR count). The minimum Gasteiger partial charge on any atom is -0.365 e. The third-order valence-electron chi connectivity index (χ3n) is 3.28. The van der Waals surface area contributed by atoms with E-state index < -0.39 is 0 Å². The lowest BCUT2D eigenvalue weighted by Crippen LogP contribution is -2.30. The van der Waals surface area contributed by atoms with Crippen LogP contribution in [0.3, 0.4) is 0 Å². The summed E-state index contributed by atoms with van der Waals surface area (Å²) in [7, 11) is 1.84. The molecule has 0 atom stereocenters. The predicted octanol–water partition coefficient (Wildman–Crippen LogP) is 3.43. The van der Waals surface area contributed by atoms with Crippen LogP contribution in [0.25, 0.3) is 0 Å². The van der Waals surface area contributed by atoms with Gasteiger partial charge in [0.05, 0.1) is 6.54 Å². The second-order valence-corrected chi connectivity index (χ2v) is 5.40. The highest BCUT2D eigenvalue weighted by Crippen LogP contribution is 2.20. The van der Waals surface area contributed by atoms with Crippen LogP contribution in [-0.4, -0.2) is 24.5 Å². The molecule has 0 aliphatic carbocycles. The van der Waals surface area contributed by atoms with Crippen LogP contribution in [0.4, 0.5) is 11.4 Å². The van der Waals surface area contributed by atoms with Crippen molar-refractivity contribution in [1.29, 1.82) is 0 Å². The molecule has 0 saturated heterocycles. The fourth-order valence-corrected chi connectivity index (χ4v) is 2.30. The van der Waals surface area contributed by atoms with Crippen LogP contribution in [0.2, 0.25) is 5.15 Å². The van der Waals surface area contributed by atoms with E-state index in [1.54, 1.807) is 12.3 Å². The minimum atomic E-state index is -0.0668. The van der Waals surface area contributed by atoms with Crippen LogP contribution in [0.15, 0.2) is 36.5 Å². The standard InChI is InChI=1S/C16H18ClN3O/c1-11-5-4-6-12(2)16(11)19-15(21)10-20(3)13-7-8-18-14(17)9-13/h4-9H,10H2,1-3H3,(H,19,21). The second kappa shape index (κ2) is 6.59. The Morgan fingerprint density at radius 3 is 2.57 bits per heavy atom. The highest BCUT2D eigenvalue weighted by Gasteiger charge is 2.10. The van der Waals surface area contributed by atoms with Crippen LogP contribution in [0.1, 0.15) is 11.1 Å². The largest absolute Gasteiger partial charge is 0.365 e. The van der Waals surface area contributed by atoms with Crippen molar-refractivity contribution in [3.63, 3.8) is 0 Å². The van der Waals surface area contributed by atoms with Crippen LogP contribution in [-0.2, 0) is 4.79 Å². The SMILES string of the molecule is Cc1cccc(C)c1NC(=O)CN(C)c1ccnc(Cl)c1. The van der Waals surface area contributed by atoms with Crippen LogP contribution in [0, 0.1) is 13.8 Å². The number of aromatic nitrogens is 1. The number of nitrogens with one attached hydrogen (secondary N) is 1. The number of likely N-dealkylation sites (N-methyl/N-ethyl adjacent to an activating group) is 1. The zero-order valence-electron chi connectivity index (χ0n) is 12.4. The van der Waals surface area contributed by atoms with Crippen LogP contribution < -0.4 is 10.2 Å². The zero-order valence-corrected chi connectivity index (χ0v) is 13.1. The molecule has 21 heavy (non-hydrogen) atoms. The summed E-state index contributed by atoms with van der Waals surface area (Å²) in [6.45, 7) is 4.21. The normalized spacial score (nSPS) is 10.3. The van der Waals surface area contributed by atoms with Crippen molar-refractivity contribution in [3.05, 3.63) is 52.8 Å². The van der Waals surface area contributed by atoms with E-state index in [0.29, 0.717) is 5.15 Å². The number of nitrogens with zero attached hydrogens (tertiary/aromatic N) is 2. The maximum atomic E-state index is 12.2. The topological polar surface area (TPSA) is 45.2 Å². The van der Waals surface area contributed by atoms with Crippen molar-refractivity contribution in [2.24, 2.45) is 0 Å². The molecule has 0 spiro atoms. The fourth-order valence-electron chi connectivity index (χ4n) is 2.13. The number of carbonyl (C=O) groups is 1. The highest BCUT2D eigenvalue weighted by atomic mass is 35.5. The predicted molar refractivity (Wildman–Crippen MR) is 87.1 cm³/mol. The van der Waals surface area contributed by atoms with Crippen LogP contribution >= 0.6 is 11.6 Å². The molecular formula is C16H18ClN3O. The van der Waals surface area contributed by atoms with Gasteiger partial charge in [-0.3, -0.25) is 4.79 Å². The summed E-state index contributed by atoms with van der Waals surface area (Å²) < 4.78 is 0. The minimum absolute atomic E-state index is 0.0668. The van der Waals surface area contributed by atoms with E-state index in [0.717, 1.165) is 22.5 Å². The second-order valence-electron chi connectivity index (χ2n) is 5.01. The quantitative estimate of drug-likeness (QED) is 0.880. The van der Waals surface area contributed by atoms with Crippen molar-refractivity contribution in [2.75, 3.05) is 23.8 Å². The van der Waals surface area contributed by atoms with E-state index in [2.05, 4.69) is 10.3 Å². The van der Waals surface area contributed by atoms with Gasteiger partial charge >= 0.3 is 0 Å². The average Bonchev–Trinajstić information content (AvgIpc) is 2.43. The lowest BCUT2D eigenvalue weighted by atomic mass is 10.1. The van der Waals surface area contributed by atoms with E-state index >= 15 is 0 Å². The number of anilines is 2. The molecule has 0 unspecified atom stereocenters. The molecule has 1 aromatic heterocycles. The molecule has 0 radical (unpaired) electrons. The maximum absolute atomic E-state index is 12.2. The van der Waals surface area contributed by atoms with Gasteiger partial charge in [0.15, 0.2) is 0 Å². The van der Waals surface area contributed by atoms with Gasteiger partial charge in [0.25, 0.3) is 0 Å². The average molecular weight is 304 g/mol. The first-order valence-corrected chi connectivity index (χ1v) is 7.04. The molecule has 1 N–H and O–H groups in total. The number of benzene rings is 1. The lowest BCUT2D eigenvalue weighted by Gasteiger charge is -2.19. The molecular weight excluding hydrogens is 286 g/mol. The molecule has 1 amide bonds. The Morgan fingerprint density at radius 1 is 1.29 bits per heavy atom. The number of para-hydroxylation sites is 1. The molecule has 1 heterocycles. The Hall–Kier alpha value is -2.07. The van der Waals surface area contributed by atoms with Crippen molar-refractivity contribution < 1.29 is 4.79 Å². The van der Waals surface area contributed by atoms with Gasteiger partial charge in [0, 0.05) is 24.6 Å². The van der Waals surface area contributed by atoms with Crippen molar-refractivity contribution in [2.45, 2.75) is 13.8 Å². The number of halogens is 1. The first-order chi connectivity index (χ1) is 9.97. The van der Waals surface area contributed by atoms with E-state index in [9.17, 15) is 4.79 Å². The van der Waals surface area contributed by atoms with Gasteiger partial charge in [-0.1, -0.05) is 29.8 Å². The van der Waals surface area contributed by atoms with E-state index in [-0.39, 0.29) is 12.5 Å². The number of pyridine rings is 1. The molecule has 0 fully saturated rings. The van der Waals surface area contributed by atoms with Gasteiger partial charge in [-0.15, -0.1) is 0 Å². The summed E-state index contributed by atoms with van der Waals surface area (Å²) in [5.74, 6) is -0.0668. The highest BCUT2D eigenvalue weighted by molar-refractivity contribution is 6.29. The lowest BCUT2D eigenvalue weighted by molar-refractivity contribution is -0.114. The number of hydrogen-bond acceptors (Lipinski definition) is 3. The maximum Gasteiger partial charge on any atom is 0.243 e. The van der Waals surface area contributed by atoms with Gasteiger partial charge in [0.1, 0.15) is 5.15 Å². The molecule has 0 bridgehead atoms. The summed E-state index contributed by atoms with van der Waals surface area (Å²) >= 11 is 5.86. The smallest absolute Gasteiger partial charge is 0.243 e. The molecule has 0 aliphatic heterocycles. The third-order valence-corrected chi connectivity index (χ3v) is 3.48. The Balaban J connectivity index is 2.05. The Bertz CT molecular complexity index is 637. The summed E-state index contributed by atoms with van der Waals surface area (Å²) in [5, 5.41) is 3.38. The summed E-state index contributed by atoms with van der Waals surface area (Å²) in [5.41, 5.74) is 3.84. The van der Waals surface area contributed by atoms with Crippen molar-refractivity contribution in [3.8, 4) is 0 Å². The van der Waals surface area contributed by atoms with Crippen LogP contribution in [0.5, 0.6) is 0 Å². The Labute approximate surface area is 129 Å². The summed E-state index contributed by atoms with van der Waals surface area (Å²) in [6, 6.07) is 9.49. The number of rotatable bonds is 4. The van der Waals surface area contributed by atoms with Gasteiger partial charge in [0.2, 0.25) is 5.91 Å². The number of amides is 1. The first kappa shape index (κ1) is 15.3. The first-order valence-electron chi connectivity index (χ1n) is 6.66. The van der Waals surface area contributed by atoms with Gasteiger partial charge in [-0.25, -0.2) is 4.98 Å². The third kappa shape index (κ3) is 3.95. The van der Waals surface area contributed by atoms with Crippen molar-refractivity contribution in [1.82, 2.24) is 4.98 Å². The fraction of sp³-hybridized carbons (Fsp3) is 0.250. The monoisotopic (exact) mass is 303 g/mol. The zero-order chi connectivity index (χ0) is 15.4. The Kier molecular flexibility index (Phi) is 4.81.